The molecule has 1 aromatic carbocycles. The highest BCUT2D eigenvalue weighted by Gasteiger charge is 2.21. The number of hydrogen-bond acceptors (Lipinski definition) is 4. The Labute approximate surface area is 140 Å². The number of carbonyl (C=O) groups excluding carboxylic acids is 2. The van der Waals surface area contributed by atoms with E-state index in [-0.39, 0.29) is 18.4 Å². The zero-order valence-electron chi connectivity index (χ0n) is 13.5. The van der Waals surface area contributed by atoms with Crippen molar-refractivity contribution < 1.29 is 14.3 Å². The molecule has 1 N–H and O–H groups in total. The van der Waals surface area contributed by atoms with Crippen molar-refractivity contribution in [3.63, 3.8) is 0 Å². The SMILES string of the molecule is Cc1cccc(NC(=O)COc2cccc(N3CCCC3=O)c2)n1. The first kappa shape index (κ1) is 16.0. The third-order valence-electron chi connectivity index (χ3n) is 3.73. The van der Waals surface area contributed by atoms with Gasteiger partial charge in [0.25, 0.3) is 5.91 Å². The Morgan fingerprint density at radius 2 is 2.12 bits per heavy atom. The molecule has 0 atom stereocenters. The Morgan fingerprint density at radius 1 is 1.29 bits per heavy atom. The summed E-state index contributed by atoms with van der Waals surface area (Å²) in [6.07, 6.45) is 1.45. The van der Waals surface area contributed by atoms with Gasteiger partial charge in [0.2, 0.25) is 5.91 Å². The van der Waals surface area contributed by atoms with Crippen molar-refractivity contribution in [2.45, 2.75) is 19.8 Å². The van der Waals surface area contributed by atoms with Crippen LogP contribution in [0.5, 0.6) is 5.75 Å². The van der Waals surface area contributed by atoms with Crippen molar-refractivity contribution in [1.82, 2.24) is 4.98 Å². The molecule has 1 aliphatic heterocycles. The van der Waals surface area contributed by atoms with Gasteiger partial charge in [-0.2, -0.15) is 0 Å². The molecule has 2 amide bonds. The van der Waals surface area contributed by atoms with Crippen LogP contribution in [-0.2, 0) is 9.59 Å². The average molecular weight is 325 g/mol. The van der Waals surface area contributed by atoms with Gasteiger partial charge in [-0.25, -0.2) is 4.98 Å². The lowest BCUT2D eigenvalue weighted by molar-refractivity contribution is -0.118. The van der Waals surface area contributed by atoms with Crippen LogP contribution in [0.25, 0.3) is 0 Å². The summed E-state index contributed by atoms with van der Waals surface area (Å²) < 4.78 is 5.53. The summed E-state index contributed by atoms with van der Waals surface area (Å²) in [6.45, 7) is 2.46. The van der Waals surface area contributed by atoms with E-state index in [1.165, 1.54) is 0 Å². The van der Waals surface area contributed by atoms with Crippen molar-refractivity contribution in [1.29, 1.82) is 0 Å². The minimum Gasteiger partial charge on any atom is -0.484 e. The Hall–Kier alpha value is -2.89. The number of anilines is 2. The van der Waals surface area contributed by atoms with E-state index in [4.69, 9.17) is 4.74 Å². The minimum atomic E-state index is -0.282. The van der Waals surface area contributed by atoms with E-state index < -0.39 is 0 Å². The first-order valence-electron chi connectivity index (χ1n) is 7.88. The van der Waals surface area contributed by atoms with E-state index in [9.17, 15) is 9.59 Å². The first-order chi connectivity index (χ1) is 11.6. The number of nitrogens with one attached hydrogen (secondary N) is 1. The molecule has 0 bridgehead atoms. The lowest BCUT2D eigenvalue weighted by atomic mass is 10.3. The largest absolute Gasteiger partial charge is 0.484 e. The number of aryl methyl sites for hydroxylation is 1. The summed E-state index contributed by atoms with van der Waals surface area (Å²) in [6, 6.07) is 12.6. The quantitative estimate of drug-likeness (QED) is 0.917. The maximum Gasteiger partial charge on any atom is 0.263 e. The predicted octanol–water partition coefficient (Wildman–Crippen LogP) is 2.53. The summed E-state index contributed by atoms with van der Waals surface area (Å²) in [5, 5.41) is 2.69. The molecule has 24 heavy (non-hydrogen) atoms. The molecule has 3 rings (SSSR count). The molecule has 6 heteroatoms. The van der Waals surface area contributed by atoms with Gasteiger partial charge in [-0.3, -0.25) is 9.59 Å². The van der Waals surface area contributed by atoms with E-state index in [0.29, 0.717) is 18.0 Å². The number of nitrogens with zero attached hydrogens (tertiary/aromatic N) is 2. The number of rotatable bonds is 5. The normalized spacial score (nSPS) is 13.9. The fourth-order valence-electron chi connectivity index (χ4n) is 2.60. The fourth-order valence-corrected chi connectivity index (χ4v) is 2.60. The molecular weight excluding hydrogens is 306 g/mol. The molecule has 2 aromatic rings. The van der Waals surface area contributed by atoms with Crippen molar-refractivity contribution in [2.24, 2.45) is 0 Å². The summed E-state index contributed by atoms with van der Waals surface area (Å²) >= 11 is 0. The minimum absolute atomic E-state index is 0.118. The molecular formula is C18H19N3O3. The predicted molar refractivity (Wildman–Crippen MR) is 91.1 cm³/mol. The van der Waals surface area contributed by atoms with Crippen LogP contribution in [0, 0.1) is 6.92 Å². The van der Waals surface area contributed by atoms with Crippen molar-refractivity contribution in [3.8, 4) is 5.75 Å². The van der Waals surface area contributed by atoms with E-state index in [1.54, 1.807) is 23.1 Å². The maximum atomic E-state index is 11.9. The van der Waals surface area contributed by atoms with Gasteiger partial charge in [0, 0.05) is 30.4 Å². The maximum absolute atomic E-state index is 11.9. The highest BCUT2D eigenvalue weighted by molar-refractivity contribution is 5.95. The Kier molecular flexibility index (Phi) is 4.74. The standard InChI is InChI=1S/C18H19N3O3/c1-13-5-2-8-16(19-13)20-17(22)12-24-15-7-3-6-14(11-15)21-10-4-9-18(21)23/h2-3,5-8,11H,4,9-10,12H2,1H3,(H,19,20,22). The molecule has 0 aliphatic carbocycles. The lowest BCUT2D eigenvalue weighted by Gasteiger charge is -2.16. The second-order valence-electron chi connectivity index (χ2n) is 5.65. The van der Waals surface area contributed by atoms with Gasteiger partial charge in [-0.1, -0.05) is 12.1 Å². The number of amides is 2. The van der Waals surface area contributed by atoms with Gasteiger partial charge in [0.05, 0.1) is 0 Å². The molecule has 0 unspecified atom stereocenters. The van der Waals surface area contributed by atoms with Gasteiger partial charge in [-0.05, 0) is 37.6 Å². The number of ether oxygens (including phenoxy) is 1. The fraction of sp³-hybridized carbons (Fsp3) is 0.278. The summed E-state index contributed by atoms with van der Waals surface area (Å²) in [7, 11) is 0. The van der Waals surface area contributed by atoms with Crippen molar-refractivity contribution >= 4 is 23.3 Å². The molecule has 0 spiro atoms. The highest BCUT2D eigenvalue weighted by Crippen LogP contribution is 2.25. The third kappa shape index (κ3) is 3.90. The topological polar surface area (TPSA) is 71.5 Å². The molecule has 6 nitrogen and oxygen atoms in total. The average Bonchev–Trinajstić information content (AvgIpc) is 2.99. The molecule has 0 radical (unpaired) electrons. The van der Waals surface area contributed by atoms with Crippen LogP contribution < -0.4 is 15.0 Å². The highest BCUT2D eigenvalue weighted by atomic mass is 16.5. The second-order valence-corrected chi connectivity index (χ2v) is 5.65. The molecule has 1 saturated heterocycles. The molecule has 1 fully saturated rings. The van der Waals surface area contributed by atoms with E-state index in [1.807, 2.05) is 31.2 Å². The van der Waals surface area contributed by atoms with Crippen molar-refractivity contribution in [2.75, 3.05) is 23.4 Å². The van der Waals surface area contributed by atoms with Crippen LogP contribution in [0.2, 0.25) is 0 Å². The molecule has 1 aliphatic rings. The van der Waals surface area contributed by atoms with Gasteiger partial charge in [0.1, 0.15) is 11.6 Å². The van der Waals surface area contributed by atoms with Crippen LogP contribution in [0.3, 0.4) is 0 Å². The number of benzene rings is 1. The summed E-state index contributed by atoms with van der Waals surface area (Å²) in [4.78, 5) is 29.7. The van der Waals surface area contributed by atoms with Crippen LogP contribution in [0.4, 0.5) is 11.5 Å². The van der Waals surface area contributed by atoms with E-state index >= 15 is 0 Å². The number of hydrogen-bond donors (Lipinski definition) is 1. The van der Waals surface area contributed by atoms with Gasteiger partial charge in [-0.15, -0.1) is 0 Å². The molecule has 124 valence electrons. The smallest absolute Gasteiger partial charge is 0.263 e. The summed E-state index contributed by atoms with van der Waals surface area (Å²) in [5.41, 5.74) is 1.63. The zero-order chi connectivity index (χ0) is 16.9. The van der Waals surface area contributed by atoms with Crippen LogP contribution >= 0.6 is 0 Å². The molecule has 2 heterocycles. The molecule has 0 saturated carbocycles. The van der Waals surface area contributed by atoms with Crippen LogP contribution in [0.1, 0.15) is 18.5 Å². The van der Waals surface area contributed by atoms with Crippen LogP contribution in [-0.4, -0.2) is 29.9 Å². The van der Waals surface area contributed by atoms with Gasteiger partial charge >= 0.3 is 0 Å². The van der Waals surface area contributed by atoms with E-state index in [0.717, 1.165) is 24.3 Å². The van der Waals surface area contributed by atoms with Crippen LogP contribution in [0.15, 0.2) is 42.5 Å². The second kappa shape index (κ2) is 7.12. The van der Waals surface area contributed by atoms with Gasteiger partial charge in [0.15, 0.2) is 6.61 Å². The van der Waals surface area contributed by atoms with Gasteiger partial charge < -0.3 is 15.0 Å². The number of aromatic nitrogens is 1. The summed E-state index contributed by atoms with van der Waals surface area (Å²) in [5.74, 6) is 0.894. The number of carbonyl (C=O) groups is 2. The monoisotopic (exact) mass is 325 g/mol. The first-order valence-corrected chi connectivity index (χ1v) is 7.88. The Bertz CT molecular complexity index is 761. The van der Waals surface area contributed by atoms with E-state index in [2.05, 4.69) is 10.3 Å². The Balaban J connectivity index is 1.58. The lowest BCUT2D eigenvalue weighted by Crippen LogP contribution is -2.24. The number of pyridine rings is 1. The molecule has 1 aromatic heterocycles. The Morgan fingerprint density at radius 3 is 2.88 bits per heavy atom. The third-order valence-corrected chi connectivity index (χ3v) is 3.73. The van der Waals surface area contributed by atoms with Crippen molar-refractivity contribution in [3.05, 3.63) is 48.2 Å². The zero-order valence-corrected chi connectivity index (χ0v) is 13.5.